The summed E-state index contributed by atoms with van der Waals surface area (Å²) in [5, 5.41) is 9.55. The van der Waals surface area contributed by atoms with Crippen molar-refractivity contribution in [3.8, 4) is 0 Å². The van der Waals surface area contributed by atoms with Gasteiger partial charge in [0.15, 0.2) is 0 Å². The maximum atomic E-state index is 9.55. The molecule has 0 aromatic heterocycles. The maximum Gasteiger partial charge on any atom is 0.0914 e. The van der Waals surface area contributed by atoms with Gasteiger partial charge < -0.3 is 10.8 Å². The Labute approximate surface area is 74.5 Å². The third-order valence-electron chi connectivity index (χ3n) is 2.64. The van der Waals surface area contributed by atoms with E-state index >= 15 is 0 Å². The Bertz CT molecular complexity index is 169. The first-order valence-corrected chi connectivity index (χ1v) is 4.84. The van der Waals surface area contributed by atoms with Gasteiger partial charge in [-0.1, -0.05) is 6.92 Å². The van der Waals surface area contributed by atoms with Crippen LogP contribution in [-0.4, -0.2) is 11.7 Å². The van der Waals surface area contributed by atoms with Crippen LogP contribution in [0.4, 0.5) is 0 Å². The van der Waals surface area contributed by atoms with Gasteiger partial charge in [0.25, 0.3) is 0 Å². The van der Waals surface area contributed by atoms with E-state index in [9.17, 15) is 5.11 Å². The molecule has 0 aliphatic heterocycles. The first-order chi connectivity index (χ1) is 5.74. The molecule has 1 aliphatic rings. The van der Waals surface area contributed by atoms with Crippen LogP contribution in [0.3, 0.4) is 0 Å². The van der Waals surface area contributed by atoms with Gasteiger partial charge in [0.1, 0.15) is 0 Å². The number of aliphatic hydroxyl groups excluding tert-OH is 1. The molecule has 0 bridgehead atoms. The minimum absolute atomic E-state index is 0.535. The SMILES string of the molecule is CC(CN)CCC(O)=C1CCC1. The van der Waals surface area contributed by atoms with Crippen molar-refractivity contribution in [1.82, 2.24) is 0 Å². The molecule has 1 fully saturated rings. The predicted molar refractivity (Wildman–Crippen MR) is 51.0 cm³/mol. The largest absolute Gasteiger partial charge is 0.512 e. The van der Waals surface area contributed by atoms with Crippen LogP contribution in [0.25, 0.3) is 0 Å². The summed E-state index contributed by atoms with van der Waals surface area (Å²) in [7, 11) is 0. The average Bonchev–Trinajstić information content (AvgIpc) is 1.97. The van der Waals surface area contributed by atoms with Gasteiger partial charge in [-0.05, 0) is 43.7 Å². The Hall–Kier alpha value is -0.500. The highest BCUT2D eigenvalue weighted by molar-refractivity contribution is 5.13. The summed E-state index contributed by atoms with van der Waals surface area (Å²) >= 11 is 0. The Morgan fingerprint density at radius 3 is 2.67 bits per heavy atom. The summed E-state index contributed by atoms with van der Waals surface area (Å²) < 4.78 is 0. The molecule has 0 heterocycles. The summed E-state index contributed by atoms with van der Waals surface area (Å²) in [5.41, 5.74) is 6.76. The molecule has 12 heavy (non-hydrogen) atoms. The highest BCUT2D eigenvalue weighted by Gasteiger charge is 2.14. The average molecular weight is 169 g/mol. The van der Waals surface area contributed by atoms with Crippen molar-refractivity contribution in [2.75, 3.05) is 6.54 Å². The summed E-state index contributed by atoms with van der Waals surface area (Å²) in [6.07, 6.45) is 5.33. The van der Waals surface area contributed by atoms with Gasteiger partial charge in [0.2, 0.25) is 0 Å². The molecule has 1 unspecified atom stereocenters. The minimum Gasteiger partial charge on any atom is -0.512 e. The van der Waals surface area contributed by atoms with Crippen molar-refractivity contribution < 1.29 is 5.11 Å². The Kier molecular flexibility index (Phi) is 3.60. The predicted octanol–water partition coefficient (Wildman–Crippen LogP) is 2.36. The number of hydrogen-bond acceptors (Lipinski definition) is 2. The Morgan fingerprint density at radius 2 is 2.25 bits per heavy atom. The molecule has 0 aromatic rings. The zero-order valence-corrected chi connectivity index (χ0v) is 7.84. The lowest BCUT2D eigenvalue weighted by Crippen LogP contribution is -2.11. The molecule has 1 aliphatic carbocycles. The molecule has 0 spiro atoms. The molecule has 0 saturated heterocycles. The summed E-state index contributed by atoms with van der Waals surface area (Å²) in [6, 6.07) is 0. The van der Waals surface area contributed by atoms with Crippen LogP contribution in [0, 0.1) is 5.92 Å². The smallest absolute Gasteiger partial charge is 0.0914 e. The molecule has 1 atom stereocenters. The van der Waals surface area contributed by atoms with E-state index in [2.05, 4.69) is 6.92 Å². The fourth-order valence-electron chi connectivity index (χ4n) is 1.32. The molecule has 1 rings (SSSR count). The highest BCUT2D eigenvalue weighted by Crippen LogP contribution is 2.29. The number of hydrogen-bond donors (Lipinski definition) is 2. The summed E-state index contributed by atoms with van der Waals surface area (Å²) in [6.45, 7) is 2.85. The Morgan fingerprint density at radius 1 is 1.58 bits per heavy atom. The van der Waals surface area contributed by atoms with Crippen molar-refractivity contribution >= 4 is 0 Å². The molecule has 2 heteroatoms. The molecule has 2 nitrogen and oxygen atoms in total. The van der Waals surface area contributed by atoms with Crippen LogP contribution in [0.15, 0.2) is 11.3 Å². The number of rotatable bonds is 4. The zero-order valence-electron chi connectivity index (χ0n) is 7.84. The third kappa shape index (κ3) is 2.52. The van der Waals surface area contributed by atoms with Crippen molar-refractivity contribution in [2.45, 2.75) is 39.0 Å². The van der Waals surface area contributed by atoms with Gasteiger partial charge in [-0.2, -0.15) is 0 Å². The molecule has 0 aromatic carbocycles. The van der Waals surface area contributed by atoms with Gasteiger partial charge in [-0.25, -0.2) is 0 Å². The van der Waals surface area contributed by atoms with Crippen LogP contribution in [0.1, 0.15) is 39.0 Å². The van der Waals surface area contributed by atoms with E-state index in [4.69, 9.17) is 5.73 Å². The first kappa shape index (κ1) is 9.59. The van der Waals surface area contributed by atoms with E-state index in [1.54, 1.807) is 0 Å². The van der Waals surface area contributed by atoms with Crippen LogP contribution < -0.4 is 5.73 Å². The van der Waals surface area contributed by atoms with E-state index in [1.807, 2.05) is 0 Å². The fraction of sp³-hybridized carbons (Fsp3) is 0.800. The molecule has 0 amide bonds. The third-order valence-corrected chi connectivity index (χ3v) is 2.64. The molecular weight excluding hydrogens is 150 g/mol. The second-order valence-electron chi connectivity index (χ2n) is 3.78. The van der Waals surface area contributed by atoms with Crippen LogP contribution >= 0.6 is 0 Å². The number of allylic oxidation sites excluding steroid dienone is 2. The lowest BCUT2D eigenvalue weighted by atomic mass is 9.89. The van der Waals surface area contributed by atoms with E-state index in [0.29, 0.717) is 11.7 Å². The van der Waals surface area contributed by atoms with Gasteiger partial charge in [0, 0.05) is 6.42 Å². The lowest BCUT2D eigenvalue weighted by Gasteiger charge is -2.19. The zero-order chi connectivity index (χ0) is 8.97. The summed E-state index contributed by atoms with van der Waals surface area (Å²) in [5.74, 6) is 1.18. The van der Waals surface area contributed by atoms with Gasteiger partial charge in [0.05, 0.1) is 5.76 Å². The monoisotopic (exact) mass is 169 g/mol. The lowest BCUT2D eigenvalue weighted by molar-refractivity contribution is 0.348. The quantitative estimate of drug-likeness (QED) is 0.634. The van der Waals surface area contributed by atoms with Crippen LogP contribution in [0.5, 0.6) is 0 Å². The van der Waals surface area contributed by atoms with Crippen LogP contribution in [0.2, 0.25) is 0 Å². The number of nitrogens with two attached hydrogens (primary N) is 1. The van der Waals surface area contributed by atoms with Gasteiger partial charge in [-0.15, -0.1) is 0 Å². The highest BCUT2D eigenvalue weighted by atomic mass is 16.3. The fourth-order valence-corrected chi connectivity index (χ4v) is 1.32. The molecule has 70 valence electrons. The van der Waals surface area contributed by atoms with E-state index in [1.165, 1.54) is 12.0 Å². The van der Waals surface area contributed by atoms with Crippen molar-refractivity contribution in [2.24, 2.45) is 11.7 Å². The summed E-state index contributed by atoms with van der Waals surface area (Å²) in [4.78, 5) is 0. The minimum atomic E-state index is 0.535. The van der Waals surface area contributed by atoms with Gasteiger partial charge >= 0.3 is 0 Å². The van der Waals surface area contributed by atoms with Crippen LogP contribution in [-0.2, 0) is 0 Å². The molecule has 1 saturated carbocycles. The maximum absolute atomic E-state index is 9.55. The number of aliphatic hydroxyl groups is 1. The second kappa shape index (κ2) is 4.51. The topological polar surface area (TPSA) is 46.2 Å². The first-order valence-electron chi connectivity index (χ1n) is 4.84. The molecular formula is C10H19NO. The molecule has 3 N–H and O–H groups in total. The normalized spacial score (nSPS) is 18.7. The Balaban J connectivity index is 2.22. The standard InChI is InChI=1S/C10H19NO/c1-8(7-11)5-6-10(12)9-3-2-4-9/h8,12H,2-7,11H2,1H3. The van der Waals surface area contributed by atoms with E-state index < -0.39 is 0 Å². The van der Waals surface area contributed by atoms with Crippen molar-refractivity contribution in [3.05, 3.63) is 11.3 Å². The second-order valence-corrected chi connectivity index (χ2v) is 3.78. The van der Waals surface area contributed by atoms with Gasteiger partial charge in [-0.3, -0.25) is 0 Å². The van der Waals surface area contributed by atoms with E-state index in [-0.39, 0.29) is 0 Å². The van der Waals surface area contributed by atoms with Crippen molar-refractivity contribution in [3.63, 3.8) is 0 Å². The van der Waals surface area contributed by atoms with E-state index in [0.717, 1.165) is 32.2 Å². The van der Waals surface area contributed by atoms with Crippen molar-refractivity contribution in [1.29, 1.82) is 0 Å². The molecule has 0 radical (unpaired) electrons.